The lowest BCUT2D eigenvalue weighted by Crippen LogP contribution is -2.12. The fourth-order valence-corrected chi connectivity index (χ4v) is 2.31. The molecule has 0 atom stereocenters. The second kappa shape index (κ2) is 8.35. The van der Waals surface area contributed by atoms with E-state index in [1.807, 2.05) is 24.3 Å². The maximum Gasteiger partial charge on any atom is 0.224 e. The number of benzene rings is 2. The van der Waals surface area contributed by atoms with Crippen LogP contribution in [0, 0.1) is 0 Å². The Morgan fingerprint density at radius 1 is 0.909 bits per heavy atom. The van der Waals surface area contributed by atoms with Crippen molar-refractivity contribution < 1.29 is 9.90 Å². The highest BCUT2D eigenvalue weighted by Gasteiger charge is 2.03. The van der Waals surface area contributed by atoms with Crippen LogP contribution >= 0.6 is 0 Å². The minimum Gasteiger partial charge on any atom is -0.396 e. The molecule has 0 heterocycles. The Morgan fingerprint density at radius 3 is 2.05 bits per heavy atom. The number of carbonyl (C=O) groups excluding carboxylic acids is 1. The second-order valence-corrected chi connectivity index (χ2v) is 5.39. The van der Waals surface area contributed by atoms with E-state index >= 15 is 0 Å². The van der Waals surface area contributed by atoms with E-state index in [9.17, 15) is 4.79 Å². The Bertz CT molecular complexity index is 588. The normalized spacial score (nSPS) is 10.5. The summed E-state index contributed by atoms with van der Waals surface area (Å²) in [5.41, 5.74) is 4.37. The Morgan fingerprint density at radius 2 is 1.45 bits per heavy atom. The van der Waals surface area contributed by atoms with Crippen molar-refractivity contribution in [2.24, 2.45) is 0 Å². The van der Waals surface area contributed by atoms with Gasteiger partial charge in [0.25, 0.3) is 0 Å². The molecule has 116 valence electrons. The SMILES string of the molecule is CCc1ccc(CCC(=O)Nc2ccc(CCO)cc2)cc1. The number of carbonyl (C=O) groups is 1. The van der Waals surface area contributed by atoms with Gasteiger partial charge in [-0.05, 0) is 48.1 Å². The Hall–Kier alpha value is -2.13. The number of aryl methyl sites for hydroxylation is 2. The molecule has 0 saturated heterocycles. The van der Waals surface area contributed by atoms with E-state index in [4.69, 9.17) is 5.11 Å². The van der Waals surface area contributed by atoms with E-state index in [2.05, 4.69) is 36.5 Å². The maximum atomic E-state index is 12.0. The van der Waals surface area contributed by atoms with Gasteiger partial charge in [0, 0.05) is 18.7 Å². The molecule has 2 rings (SSSR count). The van der Waals surface area contributed by atoms with Gasteiger partial charge in [0.15, 0.2) is 0 Å². The Kier molecular flexibility index (Phi) is 6.16. The first kappa shape index (κ1) is 16.2. The van der Waals surface area contributed by atoms with Gasteiger partial charge in [-0.15, -0.1) is 0 Å². The third kappa shape index (κ3) is 5.01. The van der Waals surface area contributed by atoms with Gasteiger partial charge in [0.2, 0.25) is 5.91 Å². The first-order valence-electron chi connectivity index (χ1n) is 7.78. The van der Waals surface area contributed by atoms with E-state index in [1.165, 1.54) is 11.1 Å². The maximum absolute atomic E-state index is 12.0. The summed E-state index contributed by atoms with van der Waals surface area (Å²) in [5.74, 6) is 0.0227. The minimum atomic E-state index is 0.0227. The first-order chi connectivity index (χ1) is 10.7. The average molecular weight is 297 g/mol. The largest absolute Gasteiger partial charge is 0.396 e. The summed E-state index contributed by atoms with van der Waals surface area (Å²) in [6, 6.07) is 16.0. The van der Waals surface area contributed by atoms with E-state index in [1.54, 1.807) is 0 Å². The number of amides is 1. The van der Waals surface area contributed by atoms with Crippen molar-refractivity contribution in [2.75, 3.05) is 11.9 Å². The van der Waals surface area contributed by atoms with Crippen LogP contribution in [0.3, 0.4) is 0 Å². The lowest BCUT2D eigenvalue weighted by Gasteiger charge is -2.07. The molecule has 2 N–H and O–H groups in total. The number of anilines is 1. The van der Waals surface area contributed by atoms with Crippen LogP contribution in [-0.2, 0) is 24.1 Å². The standard InChI is InChI=1S/C19H23NO2/c1-2-15-3-5-16(6-4-15)9-12-19(22)20-18-10-7-17(8-11-18)13-14-21/h3-8,10-11,21H,2,9,12-14H2,1H3,(H,20,22). The zero-order chi connectivity index (χ0) is 15.8. The van der Waals surface area contributed by atoms with Crippen LogP contribution in [0.1, 0.15) is 30.0 Å². The molecule has 0 bridgehead atoms. The van der Waals surface area contributed by atoms with E-state index in [0.29, 0.717) is 12.8 Å². The van der Waals surface area contributed by atoms with Crippen molar-refractivity contribution in [1.82, 2.24) is 0 Å². The Balaban J connectivity index is 1.81. The van der Waals surface area contributed by atoms with Crippen LogP contribution in [0.4, 0.5) is 5.69 Å². The van der Waals surface area contributed by atoms with Crippen molar-refractivity contribution in [3.05, 3.63) is 65.2 Å². The number of hydrogen-bond donors (Lipinski definition) is 2. The minimum absolute atomic E-state index is 0.0227. The molecule has 0 aliphatic heterocycles. The zero-order valence-electron chi connectivity index (χ0n) is 13.0. The van der Waals surface area contributed by atoms with Gasteiger partial charge in [-0.1, -0.05) is 43.3 Å². The van der Waals surface area contributed by atoms with Gasteiger partial charge in [0.05, 0.1) is 0 Å². The summed E-state index contributed by atoms with van der Waals surface area (Å²) in [7, 11) is 0. The van der Waals surface area contributed by atoms with Crippen molar-refractivity contribution in [3.63, 3.8) is 0 Å². The van der Waals surface area contributed by atoms with Crippen molar-refractivity contribution in [2.45, 2.75) is 32.6 Å². The molecule has 0 aliphatic carbocycles. The molecule has 0 saturated carbocycles. The third-order valence-corrected chi connectivity index (χ3v) is 3.71. The lowest BCUT2D eigenvalue weighted by molar-refractivity contribution is -0.116. The molecule has 3 heteroatoms. The molecule has 1 amide bonds. The summed E-state index contributed by atoms with van der Waals surface area (Å²) in [4.78, 5) is 12.0. The number of aliphatic hydroxyl groups is 1. The summed E-state index contributed by atoms with van der Waals surface area (Å²) in [6.45, 7) is 2.27. The molecule has 0 aromatic heterocycles. The summed E-state index contributed by atoms with van der Waals surface area (Å²) >= 11 is 0. The number of rotatable bonds is 7. The van der Waals surface area contributed by atoms with Gasteiger partial charge < -0.3 is 10.4 Å². The number of aliphatic hydroxyl groups excluding tert-OH is 1. The van der Waals surface area contributed by atoms with Crippen molar-refractivity contribution in [1.29, 1.82) is 0 Å². The molecule has 0 radical (unpaired) electrons. The fourth-order valence-electron chi connectivity index (χ4n) is 2.31. The molecule has 22 heavy (non-hydrogen) atoms. The highest BCUT2D eigenvalue weighted by Crippen LogP contribution is 2.12. The molecule has 2 aromatic rings. The van der Waals surface area contributed by atoms with Crippen LogP contribution in [0.5, 0.6) is 0 Å². The fraction of sp³-hybridized carbons (Fsp3) is 0.316. The molecular formula is C19H23NO2. The van der Waals surface area contributed by atoms with E-state index in [-0.39, 0.29) is 12.5 Å². The summed E-state index contributed by atoms with van der Waals surface area (Å²) in [5, 5.41) is 11.8. The second-order valence-electron chi connectivity index (χ2n) is 5.39. The van der Waals surface area contributed by atoms with Gasteiger partial charge in [0.1, 0.15) is 0 Å². The van der Waals surface area contributed by atoms with Crippen LogP contribution in [0.25, 0.3) is 0 Å². The van der Waals surface area contributed by atoms with Crippen LogP contribution < -0.4 is 5.32 Å². The lowest BCUT2D eigenvalue weighted by atomic mass is 10.1. The van der Waals surface area contributed by atoms with Crippen LogP contribution in [-0.4, -0.2) is 17.6 Å². The molecule has 0 aliphatic rings. The monoisotopic (exact) mass is 297 g/mol. The molecule has 0 fully saturated rings. The number of nitrogens with one attached hydrogen (secondary N) is 1. The van der Waals surface area contributed by atoms with Gasteiger partial charge in [-0.3, -0.25) is 4.79 Å². The third-order valence-electron chi connectivity index (χ3n) is 3.71. The topological polar surface area (TPSA) is 49.3 Å². The highest BCUT2D eigenvalue weighted by atomic mass is 16.2. The van der Waals surface area contributed by atoms with Crippen molar-refractivity contribution >= 4 is 11.6 Å². The predicted octanol–water partition coefficient (Wildman–Crippen LogP) is 3.36. The molecule has 2 aromatic carbocycles. The van der Waals surface area contributed by atoms with Gasteiger partial charge >= 0.3 is 0 Å². The Labute approximate surface area is 132 Å². The average Bonchev–Trinajstić information content (AvgIpc) is 2.55. The van der Waals surface area contributed by atoms with Crippen molar-refractivity contribution in [3.8, 4) is 0 Å². The molecular weight excluding hydrogens is 274 g/mol. The smallest absolute Gasteiger partial charge is 0.224 e. The predicted molar refractivity (Wildman–Crippen MR) is 90.0 cm³/mol. The molecule has 0 unspecified atom stereocenters. The molecule has 0 spiro atoms. The van der Waals surface area contributed by atoms with Gasteiger partial charge in [-0.2, -0.15) is 0 Å². The zero-order valence-corrected chi connectivity index (χ0v) is 13.0. The quantitative estimate of drug-likeness (QED) is 0.823. The first-order valence-corrected chi connectivity index (χ1v) is 7.78. The van der Waals surface area contributed by atoms with E-state index < -0.39 is 0 Å². The van der Waals surface area contributed by atoms with Gasteiger partial charge in [-0.25, -0.2) is 0 Å². The summed E-state index contributed by atoms with van der Waals surface area (Å²) in [6.07, 6.45) is 2.90. The van der Waals surface area contributed by atoms with E-state index in [0.717, 1.165) is 24.1 Å². The summed E-state index contributed by atoms with van der Waals surface area (Å²) < 4.78 is 0. The molecule has 3 nitrogen and oxygen atoms in total. The number of hydrogen-bond acceptors (Lipinski definition) is 2. The van der Waals surface area contributed by atoms with Crippen LogP contribution in [0.2, 0.25) is 0 Å². The van der Waals surface area contributed by atoms with Crippen LogP contribution in [0.15, 0.2) is 48.5 Å². The highest BCUT2D eigenvalue weighted by molar-refractivity contribution is 5.90.